The molecule has 0 spiro atoms. The number of oxazole rings is 1. The number of hydrogen-bond acceptors (Lipinski definition) is 6. The first-order valence-corrected chi connectivity index (χ1v) is 7.22. The second-order valence-electron chi connectivity index (χ2n) is 4.74. The van der Waals surface area contributed by atoms with E-state index in [1.54, 1.807) is 17.4 Å². The van der Waals surface area contributed by atoms with Crippen molar-refractivity contribution in [2.24, 2.45) is 0 Å². The molecule has 0 saturated heterocycles. The third-order valence-corrected chi connectivity index (χ3v) is 4.29. The van der Waals surface area contributed by atoms with Gasteiger partial charge in [-0.15, -0.1) is 11.3 Å². The van der Waals surface area contributed by atoms with Gasteiger partial charge >= 0.3 is 0 Å². The molecule has 0 fully saturated rings. The number of anilines is 1. The molecule has 1 aromatic carbocycles. The molecule has 108 valence electrons. The van der Waals surface area contributed by atoms with Crippen LogP contribution in [0.5, 0.6) is 0 Å². The molecule has 0 amide bonds. The van der Waals surface area contributed by atoms with E-state index >= 15 is 0 Å². The summed E-state index contributed by atoms with van der Waals surface area (Å²) >= 11 is 1.71. The Kier molecular flexibility index (Phi) is 3.34. The van der Waals surface area contributed by atoms with Gasteiger partial charge in [0.25, 0.3) is 11.7 Å². The van der Waals surface area contributed by atoms with Crippen LogP contribution in [0.15, 0.2) is 34.7 Å². The molecular formula is C14H13N3O3S. The molecule has 2 heterocycles. The Hall–Kier alpha value is -2.41. The van der Waals surface area contributed by atoms with Gasteiger partial charge in [-0.25, -0.2) is 0 Å². The molecule has 3 rings (SSSR count). The number of aryl methyl sites for hydroxylation is 1. The quantitative estimate of drug-likeness (QED) is 0.574. The van der Waals surface area contributed by atoms with Crippen molar-refractivity contribution in [3.05, 3.63) is 50.2 Å². The summed E-state index contributed by atoms with van der Waals surface area (Å²) in [6.07, 6.45) is 0. The van der Waals surface area contributed by atoms with E-state index in [-0.39, 0.29) is 11.7 Å². The summed E-state index contributed by atoms with van der Waals surface area (Å²) in [5, 5.41) is 13.9. The highest BCUT2D eigenvalue weighted by Gasteiger charge is 2.14. The molecule has 0 radical (unpaired) electrons. The van der Waals surface area contributed by atoms with Gasteiger partial charge in [-0.3, -0.25) is 10.1 Å². The highest BCUT2D eigenvalue weighted by atomic mass is 32.1. The maximum Gasteiger partial charge on any atom is 0.296 e. The summed E-state index contributed by atoms with van der Waals surface area (Å²) in [6.45, 7) is 4.07. The fourth-order valence-electron chi connectivity index (χ4n) is 2.03. The summed E-state index contributed by atoms with van der Waals surface area (Å²) in [7, 11) is 0. The first kappa shape index (κ1) is 13.6. The normalized spacial score (nSPS) is 12.5. The highest BCUT2D eigenvalue weighted by molar-refractivity contribution is 7.12. The number of nitro groups is 1. The zero-order chi connectivity index (χ0) is 15.0. The van der Waals surface area contributed by atoms with E-state index in [9.17, 15) is 10.1 Å². The third-order valence-electron chi connectivity index (χ3n) is 3.11. The van der Waals surface area contributed by atoms with Crippen molar-refractivity contribution in [1.82, 2.24) is 4.98 Å². The summed E-state index contributed by atoms with van der Waals surface area (Å²) in [5.41, 5.74) is 0.992. The van der Waals surface area contributed by atoms with E-state index in [0.717, 1.165) is 0 Å². The molecule has 0 aliphatic rings. The molecule has 6 nitrogen and oxygen atoms in total. The topological polar surface area (TPSA) is 81.2 Å². The van der Waals surface area contributed by atoms with Crippen molar-refractivity contribution < 1.29 is 9.34 Å². The minimum Gasteiger partial charge on any atom is -0.423 e. The smallest absolute Gasteiger partial charge is 0.296 e. The highest BCUT2D eigenvalue weighted by Crippen LogP contribution is 2.28. The van der Waals surface area contributed by atoms with Crippen molar-refractivity contribution in [1.29, 1.82) is 0 Å². The van der Waals surface area contributed by atoms with Gasteiger partial charge < -0.3 is 9.73 Å². The van der Waals surface area contributed by atoms with Gasteiger partial charge in [0.05, 0.1) is 17.0 Å². The Morgan fingerprint density at radius 3 is 2.86 bits per heavy atom. The maximum atomic E-state index is 10.7. The molecule has 0 saturated carbocycles. The predicted octanol–water partition coefficient (Wildman–Crippen LogP) is 4.28. The molecule has 3 aromatic rings. The lowest BCUT2D eigenvalue weighted by Crippen LogP contribution is -2.04. The average Bonchev–Trinajstić information content (AvgIpc) is 3.03. The van der Waals surface area contributed by atoms with E-state index in [1.165, 1.54) is 21.9 Å². The monoisotopic (exact) mass is 303 g/mol. The van der Waals surface area contributed by atoms with Crippen LogP contribution in [0.25, 0.3) is 11.1 Å². The standard InChI is InChI=1S/C14H13N3O3S/c1-8-3-6-13(21-8)9(2)15-14-16-11-5-4-10(17(18)19)7-12(11)20-14/h3-7,9H,1-2H3,(H,15,16). The van der Waals surface area contributed by atoms with Crippen LogP contribution in [0, 0.1) is 17.0 Å². The zero-order valence-corrected chi connectivity index (χ0v) is 12.3. The van der Waals surface area contributed by atoms with Crippen LogP contribution >= 0.6 is 11.3 Å². The number of non-ortho nitro benzene ring substituents is 1. The van der Waals surface area contributed by atoms with Crippen LogP contribution in [0.4, 0.5) is 11.7 Å². The van der Waals surface area contributed by atoms with Gasteiger partial charge in [0.15, 0.2) is 5.58 Å². The number of nitrogens with one attached hydrogen (secondary N) is 1. The van der Waals surface area contributed by atoms with E-state index in [4.69, 9.17) is 4.42 Å². The second-order valence-corrected chi connectivity index (χ2v) is 6.06. The van der Waals surface area contributed by atoms with Crippen LogP contribution < -0.4 is 5.32 Å². The van der Waals surface area contributed by atoms with Crippen molar-refractivity contribution in [2.45, 2.75) is 19.9 Å². The lowest BCUT2D eigenvalue weighted by atomic mass is 10.3. The van der Waals surface area contributed by atoms with Gasteiger partial charge in [0.1, 0.15) is 5.52 Å². The van der Waals surface area contributed by atoms with Crippen molar-refractivity contribution in [3.8, 4) is 0 Å². The summed E-state index contributed by atoms with van der Waals surface area (Å²) in [6, 6.07) is 8.94. The molecule has 1 N–H and O–H groups in total. The molecule has 2 aromatic heterocycles. The summed E-state index contributed by atoms with van der Waals surface area (Å²) in [4.78, 5) is 17.0. The Balaban J connectivity index is 1.85. The van der Waals surface area contributed by atoms with Crippen molar-refractivity contribution >= 4 is 34.1 Å². The predicted molar refractivity (Wildman–Crippen MR) is 81.8 cm³/mol. The molecule has 21 heavy (non-hydrogen) atoms. The van der Waals surface area contributed by atoms with E-state index in [0.29, 0.717) is 17.1 Å². The number of nitrogens with zero attached hydrogens (tertiary/aromatic N) is 2. The van der Waals surface area contributed by atoms with Crippen LogP contribution in [-0.2, 0) is 0 Å². The first-order valence-electron chi connectivity index (χ1n) is 6.41. The number of fused-ring (bicyclic) bond motifs is 1. The summed E-state index contributed by atoms with van der Waals surface area (Å²) in [5.74, 6) is 0. The fourth-order valence-corrected chi connectivity index (χ4v) is 2.91. The molecular weight excluding hydrogens is 290 g/mol. The van der Waals surface area contributed by atoms with E-state index < -0.39 is 4.92 Å². The maximum absolute atomic E-state index is 10.7. The Morgan fingerprint density at radius 2 is 2.19 bits per heavy atom. The molecule has 0 aliphatic heterocycles. The Morgan fingerprint density at radius 1 is 1.38 bits per heavy atom. The zero-order valence-electron chi connectivity index (χ0n) is 11.5. The minimum atomic E-state index is -0.452. The molecule has 0 aliphatic carbocycles. The largest absolute Gasteiger partial charge is 0.423 e. The van der Waals surface area contributed by atoms with Gasteiger partial charge in [-0.05, 0) is 32.0 Å². The average molecular weight is 303 g/mol. The fraction of sp³-hybridized carbons (Fsp3) is 0.214. The van der Waals surface area contributed by atoms with Crippen molar-refractivity contribution in [3.63, 3.8) is 0 Å². The molecule has 1 atom stereocenters. The molecule has 1 unspecified atom stereocenters. The molecule has 0 bridgehead atoms. The van der Waals surface area contributed by atoms with Gasteiger partial charge in [-0.1, -0.05) is 0 Å². The number of nitro benzene ring substituents is 1. The second kappa shape index (κ2) is 5.17. The number of benzene rings is 1. The SMILES string of the molecule is Cc1ccc(C(C)Nc2nc3ccc([N+](=O)[O-])cc3o2)s1. The van der Waals surface area contributed by atoms with Gasteiger partial charge in [0, 0.05) is 15.8 Å². The lowest BCUT2D eigenvalue weighted by Gasteiger charge is -2.09. The van der Waals surface area contributed by atoms with E-state index in [1.807, 2.05) is 6.92 Å². The number of thiophene rings is 1. The Bertz CT molecular complexity index is 809. The third kappa shape index (κ3) is 2.73. The first-order chi connectivity index (χ1) is 10.0. The van der Waals surface area contributed by atoms with Crippen LogP contribution in [0.3, 0.4) is 0 Å². The molecule has 7 heteroatoms. The van der Waals surface area contributed by atoms with Crippen LogP contribution in [0.2, 0.25) is 0 Å². The minimum absolute atomic E-state index is 0.00729. The van der Waals surface area contributed by atoms with Crippen molar-refractivity contribution in [2.75, 3.05) is 5.32 Å². The van der Waals surface area contributed by atoms with Crippen LogP contribution in [0.1, 0.15) is 22.7 Å². The van der Waals surface area contributed by atoms with Gasteiger partial charge in [-0.2, -0.15) is 4.98 Å². The van der Waals surface area contributed by atoms with Gasteiger partial charge in [0.2, 0.25) is 0 Å². The van der Waals surface area contributed by atoms with E-state index in [2.05, 4.69) is 29.4 Å². The summed E-state index contributed by atoms with van der Waals surface area (Å²) < 4.78 is 5.54. The number of rotatable bonds is 4. The van der Waals surface area contributed by atoms with Crippen LogP contribution in [-0.4, -0.2) is 9.91 Å². The lowest BCUT2D eigenvalue weighted by molar-refractivity contribution is -0.384. The number of hydrogen-bond donors (Lipinski definition) is 1. The number of aromatic nitrogens is 1. The Labute approximate surface area is 124 Å².